The van der Waals surface area contributed by atoms with E-state index < -0.39 is 0 Å². The molecule has 0 amide bonds. The van der Waals surface area contributed by atoms with Crippen LogP contribution in [0.2, 0.25) is 0 Å². The van der Waals surface area contributed by atoms with E-state index in [4.69, 9.17) is 9.73 Å². The maximum Gasteiger partial charge on any atom is 0.191 e. The number of piperidine rings is 1. The molecule has 2 aliphatic heterocycles. The Morgan fingerprint density at radius 3 is 2.35 bits per heavy atom. The lowest BCUT2D eigenvalue weighted by Gasteiger charge is -2.44. The molecule has 0 aromatic heterocycles. The van der Waals surface area contributed by atoms with Crippen molar-refractivity contribution in [3.05, 3.63) is 35.9 Å². The van der Waals surface area contributed by atoms with E-state index in [-0.39, 0.29) is 17.7 Å². The fourth-order valence-electron chi connectivity index (χ4n) is 4.64. The largest absolute Gasteiger partial charge is 0.373 e. The van der Waals surface area contributed by atoms with Crippen LogP contribution in [-0.2, 0) is 11.3 Å². The minimum Gasteiger partial charge on any atom is -0.373 e. The predicted molar refractivity (Wildman–Crippen MR) is 130 cm³/mol. The number of nitrogens with zero attached hydrogens (tertiary/aromatic N) is 3. The monoisotopic (exact) mass is 429 g/mol. The predicted octanol–water partition coefficient (Wildman–Crippen LogP) is 3.09. The Balaban J connectivity index is 1.50. The van der Waals surface area contributed by atoms with E-state index in [1.165, 1.54) is 5.56 Å². The quantitative estimate of drug-likeness (QED) is 0.515. The van der Waals surface area contributed by atoms with E-state index in [9.17, 15) is 0 Å². The average Bonchev–Trinajstić information content (AvgIpc) is 2.74. The molecule has 2 atom stereocenters. The summed E-state index contributed by atoms with van der Waals surface area (Å²) < 4.78 is 5.92. The molecule has 6 nitrogen and oxygen atoms in total. The molecule has 31 heavy (non-hydrogen) atoms. The number of hydrogen-bond donors (Lipinski definition) is 2. The van der Waals surface area contributed by atoms with Gasteiger partial charge in [0.1, 0.15) is 0 Å². The number of rotatable bonds is 7. The minimum absolute atomic E-state index is 0.00764. The van der Waals surface area contributed by atoms with E-state index >= 15 is 0 Å². The number of morpholine rings is 1. The zero-order valence-electron chi connectivity index (χ0n) is 20.2. The second-order valence-electron chi connectivity index (χ2n) is 9.85. The van der Waals surface area contributed by atoms with Gasteiger partial charge in [-0.05, 0) is 53.0 Å². The van der Waals surface area contributed by atoms with E-state index in [1.807, 2.05) is 0 Å². The summed E-state index contributed by atoms with van der Waals surface area (Å²) in [5, 5.41) is 7.16. The van der Waals surface area contributed by atoms with Crippen LogP contribution in [0, 0.1) is 0 Å². The van der Waals surface area contributed by atoms with E-state index in [0.717, 1.165) is 64.6 Å². The summed E-state index contributed by atoms with van der Waals surface area (Å²) in [6.45, 7) is 18.0. The van der Waals surface area contributed by atoms with Crippen LogP contribution in [0.1, 0.15) is 53.0 Å². The van der Waals surface area contributed by atoms with Gasteiger partial charge in [0.05, 0.1) is 18.8 Å². The molecular weight excluding hydrogens is 386 g/mol. The third kappa shape index (κ3) is 7.48. The summed E-state index contributed by atoms with van der Waals surface area (Å²) in [6, 6.07) is 11.3. The SMILES string of the molecule is CCNC(=NCC(C)(C)N1CC(C)OC(C)C1)NC1CCN(Cc2ccccc2)CC1. The van der Waals surface area contributed by atoms with Gasteiger partial charge in [0.25, 0.3) is 0 Å². The molecule has 2 aliphatic rings. The summed E-state index contributed by atoms with van der Waals surface area (Å²) in [5.74, 6) is 0.950. The number of benzene rings is 1. The van der Waals surface area contributed by atoms with Gasteiger partial charge in [-0.3, -0.25) is 14.8 Å². The molecule has 2 unspecified atom stereocenters. The van der Waals surface area contributed by atoms with Gasteiger partial charge in [-0.15, -0.1) is 0 Å². The lowest BCUT2D eigenvalue weighted by atomic mass is 10.0. The highest BCUT2D eigenvalue weighted by molar-refractivity contribution is 5.80. The molecule has 0 spiro atoms. The van der Waals surface area contributed by atoms with Crippen LogP contribution in [0.3, 0.4) is 0 Å². The van der Waals surface area contributed by atoms with Gasteiger partial charge in [0.2, 0.25) is 0 Å². The van der Waals surface area contributed by atoms with Gasteiger partial charge >= 0.3 is 0 Å². The molecule has 2 fully saturated rings. The number of likely N-dealkylation sites (tertiary alicyclic amines) is 1. The van der Waals surface area contributed by atoms with Crippen molar-refractivity contribution in [2.45, 2.75) is 77.8 Å². The molecule has 174 valence electrons. The zero-order valence-corrected chi connectivity index (χ0v) is 20.2. The second-order valence-corrected chi connectivity index (χ2v) is 9.85. The summed E-state index contributed by atoms with van der Waals surface area (Å²) >= 11 is 0. The summed E-state index contributed by atoms with van der Waals surface area (Å²) in [4.78, 5) is 10.1. The lowest BCUT2D eigenvalue weighted by Crippen LogP contribution is -2.56. The first-order valence-corrected chi connectivity index (χ1v) is 12.1. The Labute approximate surface area is 189 Å². The fraction of sp³-hybridized carbons (Fsp3) is 0.720. The van der Waals surface area contributed by atoms with Crippen LogP contribution in [0.25, 0.3) is 0 Å². The highest BCUT2D eigenvalue weighted by atomic mass is 16.5. The van der Waals surface area contributed by atoms with Crippen LogP contribution in [0.15, 0.2) is 35.3 Å². The highest BCUT2D eigenvalue weighted by Gasteiger charge is 2.33. The fourth-order valence-corrected chi connectivity index (χ4v) is 4.64. The van der Waals surface area contributed by atoms with Crippen molar-refractivity contribution >= 4 is 5.96 Å². The van der Waals surface area contributed by atoms with Gasteiger partial charge in [-0.2, -0.15) is 0 Å². The Morgan fingerprint density at radius 2 is 1.74 bits per heavy atom. The van der Waals surface area contributed by atoms with E-state index in [1.54, 1.807) is 0 Å². The van der Waals surface area contributed by atoms with Gasteiger partial charge in [0.15, 0.2) is 5.96 Å². The maximum absolute atomic E-state index is 5.92. The number of guanidine groups is 1. The van der Waals surface area contributed by atoms with Gasteiger partial charge in [-0.1, -0.05) is 30.3 Å². The van der Waals surface area contributed by atoms with E-state index in [0.29, 0.717) is 6.04 Å². The van der Waals surface area contributed by atoms with Crippen molar-refractivity contribution in [1.29, 1.82) is 0 Å². The highest BCUT2D eigenvalue weighted by Crippen LogP contribution is 2.21. The third-order valence-electron chi connectivity index (χ3n) is 6.42. The van der Waals surface area contributed by atoms with Gasteiger partial charge in [0, 0.05) is 50.8 Å². The topological polar surface area (TPSA) is 52.1 Å². The first-order valence-electron chi connectivity index (χ1n) is 12.1. The number of hydrogen-bond acceptors (Lipinski definition) is 4. The van der Waals surface area contributed by atoms with Crippen LogP contribution in [0.5, 0.6) is 0 Å². The van der Waals surface area contributed by atoms with Crippen LogP contribution >= 0.6 is 0 Å². The minimum atomic E-state index is 0.00764. The summed E-state index contributed by atoms with van der Waals surface area (Å²) in [6.07, 6.45) is 2.86. The molecule has 0 bridgehead atoms. The zero-order chi connectivity index (χ0) is 22.3. The van der Waals surface area contributed by atoms with E-state index in [2.05, 4.69) is 85.4 Å². The lowest BCUT2D eigenvalue weighted by molar-refractivity contribution is -0.0939. The number of aliphatic imine (C=N–C) groups is 1. The van der Waals surface area contributed by atoms with Crippen LogP contribution in [0.4, 0.5) is 0 Å². The maximum atomic E-state index is 5.92. The second kappa shape index (κ2) is 11.3. The van der Waals surface area contributed by atoms with Crippen LogP contribution in [-0.4, -0.2) is 78.8 Å². The average molecular weight is 430 g/mol. The number of nitrogens with one attached hydrogen (secondary N) is 2. The molecular formula is C25H43N5O. The Kier molecular flexibility index (Phi) is 8.76. The Morgan fingerprint density at radius 1 is 1.10 bits per heavy atom. The summed E-state index contributed by atoms with van der Waals surface area (Å²) in [5.41, 5.74) is 1.41. The Hall–Kier alpha value is -1.63. The standard InChI is InChI=1S/C25H43N5O/c1-6-26-24(27-19-25(4,5)30-16-20(2)31-21(3)17-30)28-23-12-14-29(15-13-23)18-22-10-8-7-9-11-22/h7-11,20-21,23H,6,12-19H2,1-5H3,(H2,26,27,28). The number of ether oxygens (including phenoxy) is 1. The molecule has 1 aromatic carbocycles. The first kappa shape index (κ1) is 24.0. The molecule has 2 N–H and O–H groups in total. The molecule has 2 saturated heterocycles. The molecule has 0 radical (unpaired) electrons. The summed E-state index contributed by atoms with van der Waals surface area (Å²) in [7, 11) is 0. The van der Waals surface area contributed by atoms with Crippen molar-refractivity contribution in [1.82, 2.24) is 20.4 Å². The van der Waals surface area contributed by atoms with Crippen LogP contribution < -0.4 is 10.6 Å². The Bertz CT molecular complexity index is 674. The molecule has 6 heteroatoms. The van der Waals surface area contributed by atoms with Crippen molar-refractivity contribution in [3.8, 4) is 0 Å². The van der Waals surface area contributed by atoms with Gasteiger partial charge in [-0.25, -0.2) is 0 Å². The van der Waals surface area contributed by atoms with Gasteiger partial charge < -0.3 is 15.4 Å². The molecule has 0 aliphatic carbocycles. The smallest absolute Gasteiger partial charge is 0.191 e. The van der Waals surface area contributed by atoms with Crippen molar-refractivity contribution < 1.29 is 4.74 Å². The van der Waals surface area contributed by atoms with Crippen molar-refractivity contribution in [3.63, 3.8) is 0 Å². The normalized spacial score (nSPS) is 24.9. The van der Waals surface area contributed by atoms with Crippen molar-refractivity contribution in [2.75, 3.05) is 39.3 Å². The molecule has 1 aromatic rings. The first-order chi connectivity index (χ1) is 14.9. The molecule has 3 rings (SSSR count). The van der Waals surface area contributed by atoms with Crippen molar-refractivity contribution in [2.24, 2.45) is 4.99 Å². The molecule has 2 heterocycles. The third-order valence-corrected chi connectivity index (χ3v) is 6.42. The molecule has 0 saturated carbocycles.